The van der Waals surface area contributed by atoms with Crippen molar-refractivity contribution in [1.82, 2.24) is 9.29 Å². The van der Waals surface area contributed by atoms with Gasteiger partial charge in [0.2, 0.25) is 5.56 Å². The number of aromatic nitrogens is 1. The highest BCUT2D eigenvalue weighted by Gasteiger charge is 2.29. The smallest absolute Gasteiger partial charge is 0.259 e. The first-order valence-corrected chi connectivity index (χ1v) is 6.93. The molecular formula is C11H18N2O3S. The Balaban J connectivity index is 3.31. The Labute approximate surface area is 102 Å². The average molecular weight is 258 g/mol. The molecule has 6 heteroatoms. The maximum absolute atomic E-state index is 12.3. The van der Waals surface area contributed by atoms with E-state index in [-0.39, 0.29) is 17.1 Å². The lowest BCUT2D eigenvalue weighted by molar-refractivity contribution is 0.301. The number of hydrogen-bond donors (Lipinski definition) is 1. The highest BCUT2D eigenvalue weighted by molar-refractivity contribution is 7.89. The standard InChI is InChI=1S/C11H18N2O3S/c1-8(2)13(9(3)4)17(15,16)11-7-5-6-10(14)12-11/h5-9H,1-4H3,(H,12,14). The maximum atomic E-state index is 12.3. The zero-order valence-corrected chi connectivity index (χ0v) is 11.3. The van der Waals surface area contributed by atoms with Gasteiger partial charge >= 0.3 is 0 Å². The zero-order valence-electron chi connectivity index (χ0n) is 10.5. The lowest BCUT2D eigenvalue weighted by Gasteiger charge is -2.29. The van der Waals surface area contributed by atoms with Crippen molar-refractivity contribution in [2.45, 2.75) is 44.8 Å². The summed E-state index contributed by atoms with van der Waals surface area (Å²) in [5, 5.41) is -0.0626. The second-order valence-corrected chi connectivity index (χ2v) is 6.21. The van der Waals surface area contributed by atoms with Crippen LogP contribution in [0.25, 0.3) is 0 Å². The summed E-state index contributed by atoms with van der Waals surface area (Å²) >= 11 is 0. The van der Waals surface area contributed by atoms with Crippen LogP contribution in [0, 0.1) is 0 Å². The largest absolute Gasteiger partial charge is 0.312 e. The van der Waals surface area contributed by atoms with E-state index in [1.54, 1.807) is 27.7 Å². The van der Waals surface area contributed by atoms with Crippen molar-refractivity contribution in [1.29, 1.82) is 0 Å². The summed E-state index contributed by atoms with van der Waals surface area (Å²) in [6.07, 6.45) is 0. The number of nitrogens with one attached hydrogen (secondary N) is 1. The van der Waals surface area contributed by atoms with Crippen molar-refractivity contribution in [2.24, 2.45) is 0 Å². The van der Waals surface area contributed by atoms with E-state index in [9.17, 15) is 13.2 Å². The van der Waals surface area contributed by atoms with Gasteiger partial charge in [0, 0.05) is 18.2 Å². The van der Waals surface area contributed by atoms with E-state index >= 15 is 0 Å². The molecule has 5 nitrogen and oxygen atoms in total. The van der Waals surface area contributed by atoms with Gasteiger partial charge in [0.05, 0.1) is 0 Å². The van der Waals surface area contributed by atoms with Crippen molar-refractivity contribution < 1.29 is 8.42 Å². The van der Waals surface area contributed by atoms with Crippen molar-refractivity contribution >= 4 is 10.0 Å². The Bertz CT molecular complexity index is 524. The summed E-state index contributed by atoms with van der Waals surface area (Å²) in [7, 11) is -3.64. The zero-order chi connectivity index (χ0) is 13.2. The fourth-order valence-electron chi connectivity index (χ4n) is 1.84. The molecule has 0 unspecified atom stereocenters. The van der Waals surface area contributed by atoms with Gasteiger partial charge in [-0.1, -0.05) is 6.07 Å². The first-order chi connectivity index (χ1) is 7.76. The number of nitrogens with zero attached hydrogens (tertiary/aromatic N) is 1. The Hall–Kier alpha value is -1.14. The Morgan fingerprint density at radius 2 is 1.65 bits per heavy atom. The molecule has 0 aliphatic carbocycles. The lowest BCUT2D eigenvalue weighted by atomic mass is 10.3. The molecule has 0 radical (unpaired) electrons. The average Bonchev–Trinajstić information content (AvgIpc) is 2.15. The number of hydrogen-bond acceptors (Lipinski definition) is 3. The fourth-order valence-corrected chi connectivity index (χ4v) is 3.66. The highest BCUT2D eigenvalue weighted by atomic mass is 32.2. The van der Waals surface area contributed by atoms with E-state index in [4.69, 9.17) is 0 Å². The maximum Gasteiger partial charge on any atom is 0.259 e. The molecule has 0 amide bonds. The number of aromatic amines is 1. The van der Waals surface area contributed by atoms with Crippen LogP contribution in [-0.2, 0) is 10.0 Å². The van der Waals surface area contributed by atoms with Crippen LogP contribution in [0.15, 0.2) is 28.0 Å². The summed E-state index contributed by atoms with van der Waals surface area (Å²) in [4.78, 5) is 13.5. The van der Waals surface area contributed by atoms with Gasteiger partial charge in [0.15, 0.2) is 5.03 Å². The van der Waals surface area contributed by atoms with Crippen LogP contribution < -0.4 is 5.56 Å². The minimum Gasteiger partial charge on any atom is -0.312 e. The molecule has 1 rings (SSSR count). The predicted molar refractivity (Wildman–Crippen MR) is 66.4 cm³/mol. The van der Waals surface area contributed by atoms with E-state index < -0.39 is 15.6 Å². The van der Waals surface area contributed by atoms with Crippen LogP contribution in [0.4, 0.5) is 0 Å². The summed E-state index contributed by atoms with van der Waals surface area (Å²) in [5.74, 6) is 0. The number of pyridine rings is 1. The lowest BCUT2D eigenvalue weighted by Crippen LogP contribution is -2.42. The van der Waals surface area contributed by atoms with E-state index in [1.807, 2.05) is 0 Å². The Kier molecular flexibility index (Phi) is 4.11. The molecule has 0 saturated carbocycles. The van der Waals surface area contributed by atoms with Gasteiger partial charge in [-0.25, -0.2) is 8.42 Å². The minimum absolute atomic E-state index is 0.0626. The topological polar surface area (TPSA) is 70.2 Å². The van der Waals surface area contributed by atoms with Gasteiger partial charge in [-0.2, -0.15) is 4.31 Å². The Morgan fingerprint density at radius 1 is 1.12 bits per heavy atom. The third kappa shape index (κ3) is 2.95. The van der Waals surface area contributed by atoms with Crippen molar-refractivity contribution in [3.05, 3.63) is 28.6 Å². The molecule has 1 aromatic heterocycles. The predicted octanol–water partition coefficient (Wildman–Crippen LogP) is 1.18. The molecule has 1 aromatic rings. The van der Waals surface area contributed by atoms with Gasteiger partial charge in [0.1, 0.15) is 0 Å². The van der Waals surface area contributed by atoms with Gasteiger partial charge in [-0.15, -0.1) is 0 Å². The molecule has 1 N–H and O–H groups in total. The van der Waals surface area contributed by atoms with Gasteiger partial charge in [0.25, 0.3) is 10.0 Å². The van der Waals surface area contributed by atoms with Crippen LogP contribution in [0.2, 0.25) is 0 Å². The van der Waals surface area contributed by atoms with Crippen LogP contribution in [0.5, 0.6) is 0 Å². The molecule has 0 aromatic carbocycles. The molecule has 0 fully saturated rings. The SMILES string of the molecule is CC(C)N(C(C)C)S(=O)(=O)c1cccc(=O)[nH]1. The van der Waals surface area contributed by atoms with Gasteiger partial charge < -0.3 is 4.98 Å². The molecule has 96 valence electrons. The first-order valence-electron chi connectivity index (χ1n) is 5.49. The molecule has 0 aliphatic rings. The molecule has 17 heavy (non-hydrogen) atoms. The molecule has 0 atom stereocenters. The summed E-state index contributed by atoms with van der Waals surface area (Å²) in [6.45, 7) is 7.22. The molecule has 0 saturated heterocycles. The third-order valence-corrected chi connectivity index (χ3v) is 4.51. The van der Waals surface area contributed by atoms with Crippen molar-refractivity contribution in [3.63, 3.8) is 0 Å². The van der Waals surface area contributed by atoms with E-state index in [0.29, 0.717) is 0 Å². The van der Waals surface area contributed by atoms with Crippen LogP contribution in [0.1, 0.15) is 27.7 Å². The summed E-state index contributed by atoms with van der Waals surface area (Å²) in [6, 6.07) is 3.79. The second-order valence-electron chi connectivity index (χ2n) is 4.40. The number of sulfonamides is 1. The second kappa shape index (κ2) is 5.01. The van der Waals surface area contributed by atoms with E-state index in [2.05, 4.69) is 4.98 Å². The number of rotatable bonds is 4. The van der Waals surface area contributed by atoms with E-state index in [0.717, 1.165) is 0 Å². The van der Waals surface area contributed by atoms with Crippen molar-refractivity contribution in [3.8, 4) is 0 Å². The summed E-state index contributed by atoms with van der Waals surface area (Å²) < 4.78 is 26.0. The van der Waals surface area contributed by atoms with Crippen LogP contribution in [0.3, 0.4) is 0 Å². The first kappa shape index (κ1) is 13.9. The monoisotopic (exact) mass is 258 g/mol. The van der Waals surface area contributed by atoms with Gasteiger partial charge in [-0.05, 0) is 33.8 Å². The number of H-pyrrole nitrogens is 1. The fraction of sp³-hybridized carbons (Fsp3) is 0.545. The van der Waals surface area contributed by atoms with Crippen LogP contribution in [-0.4, -0.2) is 29.8 Å². The van der Waals surface area contributed by atoms with Crippen LogP contribution >= 0.6 is 0 Å². The molecular weight excluding hydrogens is 240 g/mol. The molecule has 0 spiro atoms. The highest BCUT2D eigenvalue weighted by Crippen LogP contribution is 2.18. The quantitative estimate of drug-likeness (QED) is 0.881. The van der Waals surface area contributed by atoms with Gasteiger partial charge in [-0.3, -0.25) is 4.79 Å². The third-order valence-electron chi connectivity index (χ3n) is 2.31. The van der Waals surface area contributed by atoms with E-state index in [1.165, 1.54) is 22.5 Å². The summed E-state index contributed by atoms with van der Waals surface area (Å²) in [5.41, 5.74) is -0.418. The Morgan fingerprint density at radius 3 is 2.06 bits per heavy atom. The molecule has 0 aliphatic heterocycles. The normalized spacial score (nSPS) is 12.6. The van der Waals surface area contributed by atoms with Crippen molar-refractivity contribution in [2.75, 3.05) is 0 Å². The molecule has 0 bridgehead atoms. The molecule has 1 heterocycles. The minimum atomic E-state index is -3.64.